The number of aliphatic carboxylic acids is 1. The molecule has 1 atom stereocenters. The van der Waals surface area contributed by atoms with Crippen LogP contribution in [0, 0.1) is 0 Å². The van der Waals surface area contributed by atoms with Gasteiger partial charge in [-0.2, -0.15) is 13.2 Å². The van der Waals surface area contributed by atoms with Crippen molar-refractivity contribution in [3.8, 4) is 0 Å². The number of fused-ring (bicyclic) bond motifs is 1. The molecule has 1 amide bonds. The molecule has 4 N–H and O–H groups in total. The first kappa shape index (κ1) is 39.5. The van der Waals surface area contributed by atoms with E-state index in [9.17, 15) is 36.3 Å². The Kier molecular flexibility index (Phi) is 13.2. The quantitative estimate of drug-likeness (QED) is 0.142. The highest BCUT2D eigenvalue weighted by Gasteiger charge is 2.38. The van der Waals surface area contributed by atoms with Crippen LogP contribution >= 0.6 is 0 Å². The van der Waals surface area contributed by atoms with Gasteiger partial charge in [-0.3, -0.25) is 9.52 Å². The molecule has 0 aliphatic heterocycles. The number of hydrogen-bond donors (Lipinski definition) is 4. The Morgan fingerprint density at radius 1 is 0.960 bits per heavy atom. The van der Waals surface area contributed by atoms with Crippen LogP contribution in [-0.2, 0) is 30.9 Å². The van der Waals surface area contributed by atoms with Crippen molar-refractivity contribution in [1.82, 2.24) is 14.8 Å². The van der Waals surface area contributed by atoms with E-state index in [0.29, 0.717) is 23.4 Å². The van der Waals surface area contributed by atoms with Crippen LogP contribution in [-0.4, -0.2) is 84.9 Å². The number of aryl methyl sites for hydroxylation is 1. The molecular weight excluding hydrogens is 681 g/mol. The number of benzene rings is 3. The average molecular weight is 721 g/mol. The van der Waals surface area contributed by atoms with E-state index in [-0.39, 0.29) is 29.5 Å². The predicted molar refractivity (Wildman–Crippen MR) is 180 cm³/mol. The van der Waals surface area contributed by atoms with Crippen LogP contribution in [0.4, 0.5) is 18.9 Å². The zero-order valence-corrected chi connectivity index (χ0v) is 28.6. The van der Waals surface area contributed by atoms with E-state index in [1.54, 1.807) is 68.7 Å². The number of aliphatic hydroxyl groups is 1. The molecule has 12 nitrogen and oxygen atoms in total. The molecule has 16 heteroatoms. The summed E-state index contributed by atoms with van der Waals surface area (Å²) in [6, 6.07) is 22.1. The number of carboxylic acid groups (broad SMARTS) is 1. The normalized spacial score (nSPS) is 12.4. The number of likely N-dealkylation sites (N-methyl/N-ethyl adjacent to an activating group) is 1. The van der Waals surface area contributed by atoms with Crippen LogP contribution in [0.5, 0.6) is 0 Å². The van der Waals surface area contributed by atoms with E-state index in [4.69, 9.17) is 14.6 Å². The molecule has 4 aromatic rings. The minimum Gasteiger partial charge on any atom is -0.475 e. The van der Waals surface area contributed by atoms with Gasteiger partial charge in [-0.05, 0) is 74.4 Å². The lowest BCUT2D eigenvalue weighted by Crippen LogP contribution is -2.42. The molecular formula is C34H39F3N4O8S. The van der Waals surface area contributed by atoms with Gasteiger partial charge in [0.15, 0.2) is 6.61 Å². The zero-order valence-electron chi connectivity index (χ0n) is 27.8. The van der Waals surface area contributed by atoms with E-state index in [0.717, 1.165) is 17.3 Å². The van der Waals surface area contributed by atoms with Crippen molar-refractivity contribution < 1.29 is 50.9 Å². The Morgan fingerprint density at radius 3 is 2.24 bits per heavy atom. The molecule has 1 heterocycles. The molecule has 0 aliphatic rings. The highest BCUT2D eigenvalue weighted by Crippen LogP contribution is 2.23. The van der Waals surface area contributed by atoms with Gasteiger partial charge in [0.05, 0.1) is 16.6 Å². The number of anilines is 1. The molecule has 0 saturated heterocycles. The van der Waals surface area contributed by atoms with E-state index in [1.807, 2.05) is 18.3 Å². The highest BCUT2D eigenvalue weighted by atomic mass is 32.2. The molecule has 270 valence electrons. The third-order valence-electron chi connectivity index (χ3n) is 7.40. The van der Waals surface area contributed by atoms with Gasteiger partial charge in [0.1, 0.15) is 0 Å². The molecule has 0 bridgehead atoms. The van der Waals surface area contributed by atoms with Crippen molar-refractivity contribution >= 4 is 44.5 Å². The van der Waals surface area contributed by atoms with Gasteiger partial charge in [0.25, 0.3) is 15.9 Å². The molecule has 0 spiro atoms. The molecule has 0 saturated carbocycles. The number of ether oxygens (including phenoxy) is 1. The molecule has 3 aromatic carbocycles. The van der Waals surface area contributed by atoms with Gasteiger partial charge in [-0.15, -0.1) is 0 Å². The van der Waals surface area contributed by atoms with E-state index >= 15 is 0 Å². The molecule has 4 rings (SSSR count). The maximum atomic E-state index is 12.7. The standard InChI is InChI=1S/C32H38N4O6S.C2HF3O2/c1-32(2,16-18-36-17-15-23-19-25(13-14-28(23)36)31(39)42-22-30(38)35(3)4)33-21-29(37)24-9-8-10-26(20-24)34-43(40,41)27-11-6-5-7-12-27;3-2(4,5)1(6)7/h5-15,17,19-20,29,33-34,37H,16,18,21-22H2,1-4H3;(H,6,7)/t29-;/m0./s1. The maximum Gasteiger partial charge on any atom is 0.490 e. The minimum absolute atomic E-state index is 0.163. The Labute approximate surface area is 287 Å². The Hall–Kier alpha value is -4.93. The van der Waals surface area contributed by atoms with Gasteiger partial charge >= 0.3 is 18.1 Å². The number of β-amino-alcohol motifs (C(OH)–C–C–N with tert-alkyl or cyclic N) is 1. The van der Waals surface area contributed by atoms with Gasteiger partial charge in [0, 0.05) is 55.5 Å². The monoisotopic (exact) mass is 720 g/mol. The fourth-order valence-corrected chi connectivity index (χ4v) is 5.53. The Bertz CT molecular complexity index is 1900. The van der Waals surface area contributed by atoms with Gasteiger partial charge in [-0.25, -0.2) is 18.0 Å². The number of aromatic nitrogens is 1. The zero-order chi connectivity index (χ0) is 37.3. The Morgan fingerprint density at radius 2 is 1.62 bits per heavy atom. The maximum absolute atomic E-state index is 12.7. The first-order chi connectivity index (χ1) is 23.3. The van der Waals surface area contributed by atoms with Crippen LogP contribution < -0.4 is 10.0 Å². The number of halogens is 3. The van der Waals surface area contributed by atoms with Crippen molar-refractivity contribution in [2.24, 2.45) is 0 Å². The van der Waals surface area contributed by atoms with Crippen molar-refractivity contribution in [1.29, 1.82) is 0 Å². The number of esters is 1. The minimum atomic E-state index is -5.08. The summed E-state index contributed by atoms with van der Waals surface area (Å²) in [7, 11) is -0.534. The fourth-order valence-electron chi connectivity index (χ4n) is 4.46. The summed E-state index contributed by atoms with van der Waals surface area (Å²) in [5.74, 6) is -3.59. The molecule has 1 aromatic heterocycles. The lowest BCUT2D eigenvalue weighted by Gasteiger charge is -2.28. The van der Waals surface area contributed by atoms with Crippen molar-refractivity contribution in [2.45, 2.75) is 49.5 Å². The number of carbonyl (C=O) groups is 3. The summed E-state index contributed by atoms with van der Waals surface area (Å²) in [4.78, 5) is 34.5. The summed E-state index contributed by atoms with van der Waals surface area (Å²) in [6.45, 7) is 4.77. The largest absolute Gasteiger partial charge is 0.490 e. The van der Waals surface area contributed by atoms with Gasteiger partial charge in [-0.1, -0.05) is 30.3 Å². The predicted octanol–water partition coefficient (Wildman–Crippen LogP) is 4.81. The summed E-state index contributed by atoms with van der Waals surface area (Å²) >= 11 is 0. The van der Waals surface area contributed by atoms with Crippen LogP contribution in [0.2, 0.25) is 0 Å². The van der Waals surface area contributed by atoms with E-state index in [1.165, 1.54) is 17.0 Å². The third-order valence-corrected chi connectivity index (χ3v) is 8.80. The molecule has 50 heavy (non-hydrogen) atoms. The second kappa shape index (κ2) is 16.7. The number of nitrogens with one attached hydrogen (secondary N) is 2. The molecule has 0 unspecified atom stereocenters. The number of carboxylic acids is 1. The number of carbonyl (C=O) groups excluding carboxylic acids is 2. The van der Waals surface area contributed by atoms with Crippen LogP contribution in [0.25, 0.3) is 10.9 Å². The molecule has 0 radical (unpaired) electrons. The number of alkyl halides is 3. The Balaban J connectivity index is 0.000000872. The fraction of sp³-hybridized carbons (Fsp3) is 0.324. The van der Waals surface area contributed by atoms with Crippen LogP contribution in [0.1, 0.15) is 42.3 Å². The second-order valence-corrected chi connectivity index (χ2v) is 13.7. The van der Waals surface area contributed by atoms with Crippen molar-refractivity contribution in [2.75, 3.05) is 32.0 Å². The number of hydrogen-bond acceptors (Lipinski definition) is 8. The number of aliphatic hydroxyl groups excluding tert-OH is 1. The summed E-state index contributed by atoms with van der Waals surface area (Å²) in [6.07, 6.45) is -3.22. The third kappa shape index (κ3) is 11.6. The number of amides is 1. The smallest absolute Gasteiger partial charge is 0.475 e. The first-order valence-electron chi connectivity index (χ1n) is 15.2. The van der Waals surface area contributed by atoms with Crippen LogP contribution in [0.3, 0.4) is 0 Å². The summed E-state index contributed by atoms with van der Waals surface area (Å²) < 4.78 is 66.9. The number of sulfonamides is 1. The van der Waals surface area contributed by atoms with Gasteiger partial charge < -0.3 is 29.7 Å². The summed E-state index contributed by atoms with van der Waals surface area (Å²) in [5.41, 5.74) is 1.98. The van der Waals surface area contributed by atoms with E-state index in [2.05, 4.69) is 28.5 Å². The first-order valence-corrected chi connectivity index (χ1v) is 16.6. The molecule has 0 aliphatic carbocycles. The second-order valence-electron chi connectivity index (χ2n) is 12.0. The number of rotatable bonds is 13. The molecule has 0 fully saturated rings. The SMILES string of the molecule is CN(C)C(=O)COC(=O)c1ccc2c(ccn2CCC(C)(C)NC[C@H](O)c2cccc(NS(=O)(=O)c3ccccc3)c2)c1.O=C(O)C(F)(F)F. The topological polar surface area (TPSA) is 167 Å². The van der Waals surface area contributed by atoms with Crippen molar-refractivity contribution in [3.05, 3.63) is 96.2 Å². The lowest BCUT2D eigenvalue weighted by molar-refractivity contribution is -0.192. The lowest BCUT2D eigenvalue weighted by atomic mass is 9.99. The van der Waals surface area contributed by atoms with Crippen LogP contribution in [0.15, 0.2) is 90.0 Å². The average Bonchev–Trinajstić information content (AvgIpc) is 3.47. The highest BCUT2D eigenvalue weighted by molar-refractivity contribution is 7.92. The van der Waals surface area contributed by atoms with Crippen molar-refractivity contribution in [3.63, 3.8) is 0 Å². The van der Waals surface area contributed by atoms with E-state index < -0.39 is 34.2 Å². The van der Waals surface area contributed by atoms with Gasteiger partial charge in [0.2, 0.25) is 0 Å². The number of nitrogens with zero attached hydrogens (tertiary/aromatic N) is 2. The summed E-state index contributed by atoms with van der Waals surface area (Å²) in [5, 5.41) is 22.3.